The van der Waals surface area contributed by atoms with E-state index in [1.54, 1.807) is 0 Å². The average Bonchev–Trinajstić information content (AvgIpc) is 3.70. The van der Waals surface area contributed by atoms with Gasteiger partial charge in [-0.15, -0.1) is 0 Å². The Morgan fingerprint density at radius 3 is 2.14 bits per heavy atom. The van der Waals surface area contributed by atoms with Crippen molar-refractivity contribution >= 4 is 22.9 Å². The molecule has 10 heteroatoms. The molecule has 2 aliphatic heterocycles. The Morgan fingerprint density at radius 1 is 0.841 bits per heavy atom. The Morgan fingerprint density at radius 2 is 1.48 bits per heavy atom. The van der Waals surface area contributed by atoms with Crippen LogP contribution in [-0.4, -0.2) is 73.5 Å². The van der Waals surface area contributed by atoms with E-state index in [2.05, 4.69) is 19.5 Å². The average molecular weight is 596 g/mol. The summed E-state index contributed by atoms with van der Waals surface area (Å²) in [4.78, 5) is 26.1. The number of ether oxygens (including phenoxy) is 2. The number of aromatic nitrogens is 4. The van der Waals surface area contributed by atoms with Crippen LogP contribution in [0.1, 0.15) is 52.5 Å². The molecule has 1 aliphatic carbocycles. The number of nitrogens with zero attached hydrogens (tertiary/aromatic N) is 6. The van der Waals surface area contributed by atoms with Crippen molar-refractivity contribution < 1.29 is 14.3 Å². The van der Waals surface area contributed by atoms with E-state index in [4.69, 9.17) is 20.3 Å². The van der Waals surface area contributed by atoms with Gasteiger partial charge in [-0.2, -0.15) is 5.10 Å². The molecule has 0 radical (unpaired) electrons. The van der Waals surface area contributed by atoms with Gasteiger partial charge in [0.2, 0.25) is 0 Å². The van der Waals surface area contributed by atoms with E-state index in [9.17, 15) is 4.79 Å². The quantitative estimate of drug-likeness (QED) is 0.292. The van der Waals surface area contributed by atoms with Crippen molar-refractivity contribution in [2.24, 2.45) is 11.8 Å². The first-order valence-corrected chi connectivity index (χ1v) is 15.8. The molecular weight excluding hydrogens is 554 g/mol. The number of hydrogen-bond donors (Lipinski definition) is 1. The summed E-state index contributed by atoms with van der Waals surface area (Å²) in [6.45, 7) is 9.49. The first-order chi connectivity index (χ1) is 21.2. The van der Waals surface area contributed by atoms with Crippen LogP contribution in [0.4, 0.5) is 10.6 Å². The van der Waals surface area contributed by atoms with Gasteiger partial charge in [0.25, 0.3) is 0 Å². The maximum absolute atomic E-state index is 12.6. The Balaban J connectivity index is 1.02. The van der Waals surface area contributed by atoms with E-state index in [1.165, 1.54) is 6.33 Å². The van der Waals surface area contributed by atoms with Crippen LogP contribution in [0.15, 0.2) is 60.9 Å². The smallest absolute Gasteiger partial charge is 0.410 e. The molecule has 2 atom stereocenters. The zero-order valence-electron chi connectivity index (χ0n) is 25.7. The van der Waals surface area contributed by atoms with Gasteiger partial charge in [0, 0.05) is 37.8 Å². The number of likely N-dealkylation sites (tertiary alicyclic amines) is 2. The van der Waals surface area contributed by atoms with E-state index in [0.29, 0.717) is 23.7 Å². The molecule has 1 saturated carbocycles. The molecule has 7 rings (SSSR count). The molecule has 2 N–H and O–H groups in total. The molecule has 10 nitrogen and oxygen atoms in total. The molecule has 3 aliphatic rings. The predicted octanol–water partition coefficient (Wildman–Crippen LogP) is 6.15. The lowest BCUT2D eigenvalue weighted by atomic mass is 9.90. The van der Waals surface area contributed by atoms with Crippen LogP contribution in [0.5, 0.6) is 11.5 Å². The molecule has 0 bridgehead atoms. The number of anilines is 1. The second-order valence-electron chi connectivity index (χ2n) is 13.5. The van der Waals surface area contributed by atoms with Crippen molar-refractivity contribution in [1.29, 1.82) is 0 Å². The van der Waals surface area contributed by atoms with E-state index in [0.717, 1.165) is 85.7 Å². The summed E-state index contributed by atoms with van der Waals surface area (Å²) in [5, 5.41) is 5.91. The molecule has 44 heavy (non-hydrogen) atoms. The number of para-hydroxylation sites is 1. The molecule has 4 aromatic rings. The summed E-state index contributed by atoms with van der Waals surface area (Å²) < 4.78 is 13.7. The number of carbonyl (C=O) groups excluding carboxylic acids is 1. The van der Waals surface area contributed by atoms with Crippen molar-refractivity contribution in [3.63, 3.8) is 0 Å². The summed E-state index contributed by atoms with van der Waals surface area (Å²) in [7, 11) is 0. The molecule has 2 unspecified atom stereocenters. The molecule has 4 heterocycles. The zero-order chi connectivity index (χ0) is 30.4. The van der Waals surface area contributed by atoms with Gasteiger partial charge in [0.05, 0.1) is 11.4 Å². The van der Waals surface area contributed by atoms with Gasteiger partial charge in [-0.25, -0.2) is 19.4 Å². The summed E-state index contributed by atoms with van der Waals surface area (Å²) in [5.74, 6) is 3.06. The van der Waals surface area contributed by atoms with E-state index < -0.39 is 5.60 Å². The fraction of sp³-hybridized carbons (Fsp3) is 0.471. The summed E-state index contributed by atoms with van der Waals surface area (Å²) in [6, 6.07) is 18.5. The van der Waals surface area contributed by atoms with Gasteiger partial charge in [0.15, 0.2) is 5.65 Å². The van der Waals surface area contributed by atoms with Crippen LogP contribution in [0.25, 0.3) is 22.3 Å². The Bertz CT molecular complexity index is 1610. The zero-order valence-corrected chi connectivity index (χ0v) is 25.7. The highest BCUT2D eigenvalue weighted by Gasteiger charge is 2.44. The van der Waals surface area contributed by atoms with Gasteiger partial charge < -0.3 is 20.1 Å². The van der Waals surface area contributed by atoms with Gasteiger partial charge in [0.1, 0.15) is 34.9 Å². The number of nitrogen functional groups attached to an aromatic ring is 1. The lowest BCUT2D eigenvalue weighted by molar-refractivity contribution is 0.0268. The van der Waals surface area contributed by atoms with Crippen molar-refractivity contribution in [2.75, 3.05) is 31.9 Å². The van der Waals surface area contributed by atoms with Crippen molar-refractivity contribution in [3.05, 3.63) is 60.9 Å². The largest absolute Gasteiger partial charge is 0.457 e. The summed E-state index contributed by atoms with van der Waals surface area (Å²) in [6.07, 6.45) is 5.65. The Labute approximate surface area is 258 Å². The first-order valence-electron chi connectivity index (χ1n) is 15.8. The predicted molar refractivity (Wildman–Crippen MR) is 169 cm³/mol. The highest BCUT2D eigenvalue weighted by Crippen LogP contribution is 2.40. The fourth-order valence-electron chi connectivity index (χ4n) is 7.23. The van der Waals surface area contributed by atoms with Gasteiger partial charge in [-0.3, -0.25) is 4.90 Å². The highest BCUT2D eigenvalue weighted by atomic mass is 16.6. The third-order valence-corrected chi connectivity index (χ3v) is 9.32. The SMILES string of the molecule is CC(C)(C)OC(=O)N1CC2CN(C3CCC(n4nc(-c5ccc(Oc6ccccc6)cc5)c5c(N)ncnc54)CC3)CC2C1. The normalized spacial score (nSPS) is 24.0. The summed E-state index contributed by atoms with van der Waals surface area (Å²) >= 11 is 0. The number of amides is 1. The van der Waals surface area contributed by atoms with E-state index >= 15 is 0 Å². The van der Waals surface area contributed by atoms with Crippen molar-refractivity contribution in [1.82, 2.24) is 29.5 Å². The van der Waals surface area contributed by atoms with Crippen LogP contribution in [-0.2, 0) is 4.74 Å². The van der Waals surface area contributed by atoms with Crippen molar-refractivity contribution in [3.8, 4) is 22.8 Å². The van der Waals surface area contributed by atoms with Gasteiger partial charge in [-0.05, 0) is 94.7 Å². The minimum Gasteiger partial charge on any atom is -0.457 e. The van der Waals surface area contributed by atoms with Crippen LogP contribution >= 0.6 is 0 Å². The molecule has 2 aromatic heterocycles. The second kappa shape index (κ2) is 11.4. The topological polar surface area (TPSA) is 112 Å². The molecule has 2 saturated heterocycles. The number of carbonyl (C=O) groups is 1. The number of benzene rings is 2. The molecule has 1 amide bonds. The lowest BCUT2D eigenvalue weighted by Crippen LogP contribution is -2.41. The number of rotatable bonds is 5. The van der Waals surface area contributed by atoms with Crippen LogP contribution in [0, 0.1) is 11.8 Å². The Kier molecular flexibility index (Phi) is 7.40. The van der Waals surface area contributed by atoms with E-state index in [-0.39, 0.29) is 12.1 Å². The maximum atomic E-state index is 12.6. The van der Waals surface area contributed by atoms with E-state index in [1.807, 2.05) is 80.3 Å². The van der Waals surface area contributed by atoms with Gasteiger partial charge in [-0.1, -0.05) is 18.2 Å². The minimum absolute atomic E-state index is 0.175. The fourth-order valence-corrected chi connectivity index (χ4v) is 7.23. The van der Waals surface area contributed by atoms with Crippen molar-refractivity contribution in [2.45, 2.75) is 64.1 Å². The van der Waals surface area contributed by atoms with Crippen LogP contribution in [0.2, 0.25) is 0 Å². The number of hydrogen-bond acceptors (Lipinski definition) is 8. The van der Waals surface area contributed by atoms with Gasteiger partial charge >= 0.3 is 6.09 Å². The molecule has 0 spiro atoms. The summed E-state index contributed by atoms with van der Waals surface area (Å²) in [5.41, 5.74) is 8.49. The lowest BCUT2D eigenvalue weighted by Gasteiger charge is -2.35. The monoisotopic (exact) mass is 595 g/mol. The minimum atomic E-state index is -0.458. The molecule has 3 fully saturated rings. The third-order valence-electron chi connectivity index (χ3n) is 9.32. The van der Waals surface area contributed by atoms with Crippen LogP contribution in [0.3, 0.4) is 0 Å². The number of nitrogens with two attached hydrogens (primary N) is 1. The Hall–Kier alpha value is -4.18. The maximum Gasteiger partial charge on any atom is 0.410 e. The second-order valence-corrected chi connectivity index (χ2v) is 13.5. The third kappa shape index (κ3) is 5.70. The van der Waals surface area contributed by atoms with Crippen LogP contribution < -0.4 is 10.5 Å². The first kappa shape index (κ1) is 28.6. The highest BCUT2D eigenvalue weighted by molar-refractivity contribution is 5.98. The molecular formula is C34H41N7O3. The molecule has 230 valence electrons. The standard InChI is InChI=1S/C34H41N7O3/c1-34(2,3)44-33(42)40-19-23-17-39(18-24(23)20-40)25-11-13-26(14-12-25)41-32-29(31(35)36-21-37-32)30(38-41)22-9-15-28(16-10-22)43-27-7-5-4-6-8-27/h4-10,15-16,21,23-26H,11-14,17-20H2,1-3H3,(H2,35,36,37). The molecule has 2 aromatic carbocycles. The number of fused-ring (bicyclic) bond motifs is 2.